The molecule has 0 bridgehead atoms. The Balaban J connectivity index is 2.22. The van der Waals surface area contributed by atoms with Crippen LogP contribution in [-0.2, 0) is 10.0 Å². The van der Waals surface area contributed by atoms with Crippen LogP contribution in [-0.4, -0.2) is 23.7 Å². The van der Waals surface area contributed by atoms with Crippen molar-refractivity contribution in [2.45, 2.75) is 11.1 Å². The number of rotatable bonds is 5. The molecule has 0 radical (unpaired) electrons. The van der Waals surface area contributed by atoms with E-state index in [-0.39, 0.29) is 11.1 Å². The lowest BCUT2D eigenvalue weighted by atomic mass is 10.1. The Kier molecular flexibility index (Phi) is 4.15. The molecule has 0 aliphatic heterocycles. The maximum atomic E-state index is 12.0. The van der Waals surface area contributed by atoms with Crippen LogP contribution in [0.2, 0.25) is 0 Å². The number of nitrogens with zero attached hydrogens (tertiary/aromatic N) is 1. The van der Waals surface area contributed by atoms with Gasteiger partial charge in [-0.2, -0.15) is 0 Å². The molecule has 96 valence electrons. The zero-order valence-corrected chi connectivity index (χ0v) is 11.8. The van der Waals surface area contributed by atoms with E-state index in [1.165, 1.54) is 12.5 Å². The van der Waals surface area contributed by atoms with E-state index >= 15 is 0 Å². The molecule has 18 heavy (non-hydrogen) atoms. The van der Waals surface area contributed by atoms with Crippen molar-refractivity contribution in [2.75, 3.05) is 5.33 Å². The number of benzene rings is 1. The van der Waals surface area contributed by atoms with E-state index in [1.54, 1.807) is 0 Å². The van der Waals surface area contributed by atoms with Gasteiger partial charge in [0.15, 0.2) is 5.03 Å². The van der Waals surface area contributed by atoms with Gasteiger partial charge in [0.2, 0.25) is 0 Å². The molecule has 0 fully saturated rings. The number of aromatic nitrogens is 2. The van der Waals surface area contributed by atoms with Gasteiger partial charge in [0.25, 0.3) is 10.0 Å². The third kappa shape index (κ3) is 2.98. The number of aromatic amines is 1. The summed E-state index contributed by atoms with van der Waals surface area (Å²) in [5, 5.41) is 0.550. The molecule has 2 aromatic rings. The Hall–Kier alpha value is -1.18. The van der Waals surface area contributed by atoms with E-state index in [9.17, 15) is 8.42 Å². The van der Waals surface area contributed by atoms with Crippen LogP contribution >= 0.6 is 15.9 Å². The average molecular weight is 330 g/mol. The van der Waals surface area contributed by atoms with Gasteiger partial charge in [0.1, 0.15) is 0 Å². The van der Waals surface area contributed by atoms with Crippen LogP contribution in [0.3, 0.4) is 0 Å². The SMILES string of the molecule is O=S(=O)(NC(CBr)c1ccccc1)c1cnc[nH]1. The fourth-order valence-corrected chi connectivity index (χ4v) is 3.39. The standard InChI is InChI=1S/C11H12BrN3O2S/c12-6-10(9-4-2-1-3-5-9)15-18(16,17)11-7-13-8-14-11/h1-5,7-8,10,15H,6H2,(H,13,14). The zero-order valence-electron chi connectivity index (χ0n) is 9.38. The van der Waals surface area contributed by atoms with Crippen molar-refractivity contribution < 1.29 is 8.42 Å². The molecular formula is C11H12BrN3O2S. The summed E-state index contributed by atoms with van der Waals surface area (Å²) >= 11 is 3.32. The van der Waals surface area contributed by atoms with Crippen molar-refractivity contribution in [3.05, 3.63) is 48.4 Å². The van der Waals surface area contributed by atoms with Gasteiger partial charge in [0.05, 0.1) is 18.6 Å². The highest BCUT2D eigenvalue weighted by molar-refractivity contribution is 9.09. The number of alkyl halides is 1. The second-order valence-electron chi connectivity index (χ2n) is 3.65. The Labute approximate surface area is 114 Å². The molecule has 0 spiro atoms. The second kappa shape index (κ2) is 5.64. The van der Waals surface area contributed by atoms with E-state index < -0.39 is 10.0 Å². The quantitative estimate of drug-likeness (QED) is 0.821. The number of halogens is 1. The highest BCUT2D eigenvalue weighted by atomic mass is 79.9. The lowest BCUT2D eigenvalue weighted by molar-refractivity contribution is 0.565. The monoisotopic (exact) mass is 329 g/mol. The van der Waals surface area contributed by atoms with Crippen molar-refractivity contribution in [1.29, 1.82) is 0 Å². The molecule has 2 N–H and O–H groups in total. The van der Waals surface area contributed by atoms with Crippen LogP contribution in [0.25, 0.3) is 0 Å². The first kappa shape index (κ1) is 13.3. The van der Waals surface area contributed by atoms with E-state index in [1.807, 2.05) is 30.3 Å². The van der Waals surface area contributed by atoms with Crippen molar-refractivity contribution in [3.8, 4) is 0 Å². The molecule has 1 aromatic heterocycles. The summed E-state index contributed by atoms with van der Waals surface area (Å²) in [6, 6.07) is 9.06. The number of hydrogen-bond donors (Lipinski definition) is 2. The van der Waals surface area contributed by atoms with Crippen LogP contribution in [0.5, 0.6) is 0 Å². The molecule has 1 atom stereocenters. The van der Waals surface area contributed by atoms with Crippen LogP contribution in [0, 0.1) is 0 Å². The Morgan fingerprint density at radius 3 is 2.61 bits per heavy atom. The van der Waals surface area contributed by atoms with Crippen LogP contribution in [0.1, 0.15) is 11.6 Å². The van der Waals surface area contributed by atoms with Gasteiger partial charge >= 0.3 is 0 Å². The first-order valence-electron chi connectivity index (χ1n) is 5.25. The summed E-state index contributed by atoms with van der Waals surface area (Å²) < 4.78 is 26.7. The molecule has 2 rings (SSSR count). The topological polar surface area (TPSA) is 74.8 Å². The summed E-state index contributed by atoms with van der Waals surface area (Å²) in [4.78, 5) is 6.29. The summed E-state index contributed by atoms with van der Waals surface area (Å²) in [6.45, 7) is 0. The fraction of sp³-hybridized carbons (Fsp3) is 0.182. The highest BCUT2D eigenvalue weighted by Gasteiger charge is 2.21. The van der Waals surface area contributed by atoms with Gasteiger partial charge in [0, 0.05) is 5.33 Å². The first-order chi connectivity index (χ1) is 8.63. The van der Waals surface area contributed by atoms with Crippen LogP contribution in [0.15, 0.2) is 47.9 Å². The number of nitrogens with one attached hydrogen (secondary N) is 2. The third-order valence-electron chi connectivity index (χ3n) is 2.42. The minimum Gasteiger partial charge on any atom is -0.335 e. The molecule has 0 saturated carbocycles. The average Bonchev–Trinajstić information content (AvgIpc) is 2.92. The lowest BCUT2D eigenvalue weighted by Crippen LogP contribution is -2.29. The number of H-pyrrole nitrogens is 1. The molecule has 7 heteroatoms. The molecule has 0 aliphatic rings. The van der Waals surface area contributed by atoms with Crippen molar-refractivity contribution in [1.82, 2.24) is 14.7 Å². The van der Waals surface area contributed by atoms with E-state index in [0.29, 0.717) is 5.33 Å². The van der Waals surface area contributed by atoms with Crippen molar-refractivity contribution in [3.63, 3.8) is 0 Å². The number of imidazole rings is 1. The van der Waals surface area contributed by atoms with E-state index in [0.717, 1.165) is 5.56 Å². The van der Waals surface area contributed by atoms with Gasteiger partial charge in [-0.3, -0.25) is 0 Å². The molecule has 0 amide bonds. The van der Waals surface area contributed by atoms with Crippen LogP contribution < -0.4 is 4.72 Å². The molecule has 5 nitrogen and oxygen atoms in total. The smallest absolute Gasteiger partial charge is 0.258 e. The third-order valence-corrected chi connectivity index (χ3v) is 4.46. The van der Waals surface area contributed by atoms with Crippen molar-refractivity contribution in [2.24, 2.45) is 0 Å². The summed E-state index contributed by atoms with van der Waals surface area (Å²) in [7, 11) is -3.57. The molecule has 0 aliphatic carbocycles. The minimum atomic E-state index is -3.57. The maximum absolute atomic E-state index is 12.0. The Bertz CT molecular complexity index is 584. The molecule has 0 saturated heterocycles. The predicted octanol–water partition coefficient (Wildman–Crippen LogP) is 1.82. The molecule has 1 unspecified atom stereocenters. The predicted molar refractivity (Wildman–Crippen MR) is 71.9 cm³/mol. The summed E-state index contributed by atoms with van der Waals surface area (Å²) in [5.74, 6) is 0. The molecule has 1 heterocycles. The number of sulfonamides is 1. The van der Waals surface area contributed by atoms with Crippen LogP contribution in [0.4, 0.5) is 0 Å². The molecule has 1 aromatic carbocycles. The van der Waals surface area contributed by atoms with Gasteiger partial charge < -0.3 is 4.98 Å². The zero-order chi connectivity index (χ0) is 13.0. The van der Waals surface area contributed by atoms with E-state index in [2.05, 4.69) is 30.6 Å². The Morgan fingerprint density at radius 2 is 2.06 bits per heavy atom. The first-order valence-corrected chi connectivity index (χ1v) is 7.85. The fourth-order valence-electron chi connectivity index (χ4n) is 1.51. The summed E-state index contributed by atoms with van der Waals surface area (Å²) in [5.41, 5.74) is 0.900. The summed E-state index contributed by atoms with van der Waals surface area (Å²) in [6.07, 6.45) is 2.61. The van der Waals surface area contributed by atoms with Gasteiger partial charge in [-0.1, -0.05) is 46.3 Å². The highest BCUT2D eigenvalue weighted by Crippen LogP contribution is 2.17. The van der Waals surface area contributed by atoms with Crippen molar-refractivity contribution >= 4 is 26.0 Å². The van der Waals surface area contributed by atoms with E-state index in [4.69, 9.17) is 0 Å². The minimum absolute atomic E-state index is 0.0596. The normalized spacial score (nSPS) is 13.4. The van der Waals surface area contributed by atoms with Gasteiger partial charge in [-0.25, -0.2) is 18.1 Å². The molecular weight excluding hydrogens is 318 g/mol. The van der Waals surface area contributed by atoms with Gasteiger partial charge in [-0.15, -0.1) is 0 Å². The van der Waals surface area contributed by atoms with Gasteiger partial charge in [-0.05, 0) is 5.56 Å². The number of hydrogen-bond acceptors (Lipinski definition) is 3. The largest absolute Gasteiger partial charge is 0.335 e. The lowest BCUT2D eigenvalue weighted by Gasteiger charge is -2.15. The maximum Gasteiger partial charge on any atom is 0.258 e. The Morgan fingerprint density at radius 1 is 1.33 bits per heavy atom. The second-order valence-corrected chi connectivity index (χ2v) is 5.98.